The smallest absolute Gasteiger partial charge is 0.145 e. The van der Waals surface area contributed by atoms with E-state index in [0.717, 1.165) is 11.6 Å². The number of aromatic nitrogens is 2. The lowest BCUT2D eigenvalue weighted by molar-refractivity contribution is 0.168. The van der Waals surface area contributed by atoms with Gasteiger partial charge in [-0.2, -0.15) is 0 Å². The van der Waals surface area contributed by atoms with E-state index in [9.17, 15) is 0 Å². The number of hydrogen-bond acceptors (Lipinski definition) is 3. The fourth-order valence-corrected chi connectivity index (χ4v) is 2.91. The van der Waals surface area contributed by atoms with Crippen molar-refractivity contribution in [3.63, 3.8) is 0 Å². The second-order valence-corrected chi connectivity index (χ2v) is 6.24. The molecule has 0 spiro atoms. The van der Waals surface area contributed by atoms with E-state index in [1.165, 1.54) is 25.7 Å². The zero-order valence-corrected chi connectivity index (χ0v) is 11.1. The lowest BCUT2D eigenvalue weighted by Crippen LogP contribution is -2.25. The molecule has 1 aliphatic rings. The highest BCUT2D eigenvalue weighted by Gasteiger charge is 2.31. The summed E-state index contributed by atoms with van der Waals surface area (Å²) in [5.74, 6) is 1.96. The molecule has 0 unspecified atom stereocenters. The van der Waals surface area contributed by atoms with Gasteiger partial charge in [-0.05, 0) is 37.0 Å². The van der Waals surface area contributed by atoms with Gasteiger partial charge in [-0.3, -0.25) is 4.98 Å². The predicted octanol–water partition coefficient (Wildman–Crippen LogP) is 3.38. The van der Waals surface area contributed by atoms with Gasteiger partial charge in [0.05, 0.1) is 5.69 Å². The molecule has 3 nitrogen and oxygen atoms in total. The van der Waals surface area contributed by atoms with Gasteiger partial charge in [0, 0.05) is 18.3 Å². The maximum Gasteiger partial charge on any atom is 0.145 e. The molecule has 0 aliphatic heterocycles. The minimum atomic E-state index is 0.429. The fraction of sp³-hybridized carbons (Fsp3) is 0.714. The van der Waals surface area contributed by atoms with Gasteiger partial charge < -0.3 is 5.73 Å². The highest BCUT2D eigenvalue weighted by Crippen LogP contribution is 2.43. The number of nitrogens with two attached hydrogens (primary N) is 1. The van der Waals surface area contributed by atoms with E-state index in [-0.39, 0.29) is 0 Å². The van der Waals surface area contributed by atoms with E-state index >= 15 is 0 Å². The number of hydrogen-bond donors (Lipinski definition) is 1. The molecule has 1 heterocycles. The summed E-state index contributed by atoms with van der Waals surface area (Å²) in [5, 5.41) is 0. The van der Waals surface area contributed by atoms with E-state index in [2.05, 4.69) is 30.7 Å². The topological polar surface area (TPSA) is 51.8 Å². The number of rotatable bonds is 1. The largest absolute Gasteiger partial charge is 0.382 e. The third-order valence-corrected chi connectivity index (χ3v) is 4.09. The Hall–Kier alpha value is -1.12. The van der Waals surface area contributed by atoms with Crippen LogP contribution in [-0.2, 0) is 0 Å². The van der Waals surface area contributed by atoms with Gasteiger partial charge in [-0.15, -0.1) is 0 Å². The second kappa shape index (κ2) is 4.63. The third kappa shape index (κ3) is 2.76. The number of nitrogens with zero attached hydrogens (tertiary/aromatic N) is 2. The summed E-state index contributed by atoms with van der Waals surface area (Å²) < 4.78 is 0. The molecule has 17 heavy (non-hydrogen) atoms. The predicted molar refractivity (Wildman–Crippen MR) is 70.6 cm³/mol. The first-order chi connectivity index (χ1) is 7.98. The third-order valence-electron chi connectivity index (χ3n) is 4.09. The van der Waals surface area contributed by atoms with E-state index in [0.29, 0.717) is 17.2 Å². The first-order valence-corrected chi connectivity index (χ1v) is 6.55. The van der Waals surface area contributed by atoms with Crippen LogP contribution in [0, 0.1) is 11.3 Å². The van der Waals surface area contributed by atoms with Gasteiger partial charge in [0.25, 0.3) is 0 Å². The van der Waals surface area contributed by atoms with Crippen molar-refractivity contribution in [2.45, 2.75) is 52.4 Å². The molecule has 2 N–H and O–H groups in total. The molecule has 1 aromatic heterocycles. The molecule has 1 fully saturated rings. The standard InChI is InChI=1S/C14H23N3/c1-14(2,3)11-6-4-10(5-7-11)12-13(15)17-9-8-16-12/h8-11H,4-7H2,1-3H3,(H2,15,17). The van der Waals surface area contributed by atoms with Crippen molar-refractivity contribution in [1.29, 1.82) is 0 Å². The summed E-state index contributed by atoms with van der Waals surface area (Å²) in [7, 11) is 0. The molecule has 3 heteroatoms. The van der Waals surface area contributed by atoms with Crippen molar-refractivity contribution in [1.82, 2.24) is 9.97 Å². The SMILES string of the molecule is CC(C)(C)C1CCC(c2nccnc2N)CC1. The summed E-state index contributed by atoms with van der Waals surface area (Å²) in [6, 6.07) is 0. The Balaban J connectivity index is 2.03. The molecule has 0 amide bonds. The van der Waals surface area contributed by atoms with Crippen molar-refractivity contribution >= 4 is 5.82 Å². The first kappa shape index (κ1) is 12.3. The van der Waals surface area contributed by atoms with E-state index in [4.69, 9.17) is 5.73 Å². The van der Waals surface area contributed by atoms with Crippen molar-refractivity contribution in [2.24, 2.45) is 11.3 Å². The highest BCUT2D eigenvalue weighted by molar-refractivity contribution is 5.35. The van der Waals surface area contributed by atoms with Crippen LogP contribution in [0.5, 0.6) is 0 Å². The Bertz CT molecular complexity index is 373. The van der Waals surface area contributed by atoms with Crippen LogP contribution in [0.3, 0.4) is 0 Å². The first-order valence-electron chi connectivity index (χ1n) is 6.55. The molecule has 1 aliphatic carbocycles. The van der Waals surface area contributed by atoms with Crippen LogP contribution in [0.4, 0.5) is 5.82 Å². The summed E-state index contributed by atoms with van der Waals surface area (Å²) >= 11 is 0. The average Bonchev–Trinajstić information content (AvgIpc) is 2.29. The van der Waals surface area contributed by atoms with Gasteiger partial charge >= 0.3 is 0 Å². The van der Waals surface area contributed by atoms with Crippen molar-refractivity contribution < 1.29 is 0 Å². The Labute approximate surface area is 104 Å². The maximum atomic E-state index is 5.90. The van der Waals surface area contributed by atoms with Crippen LogP contribution >= 0.6 is 0 Å². The minimum Gasteiger partial charge on any atom is -0.382 e. The molecular weight excluding hydrogens is 210 g/mol. The normalized spacial score (nSPS) is 25.8. The van der Waals surface area contributed by atoms with E-state index in [1.807, 2.05) is 0 Å². The molecule has 1 aromatic rings. The zero-order chi connectivity index (χ0) is 12.5. The van der Waals surface area contributed by atoms with Gasteiger partial charge in [-0.1, -0.05) is 20.8 Å². The van der Waals surface area contributed by atoms with Gasteiger partial charge in [0.1, 0.15) is 5.82 Å². The van der Waals surface area contributed by atoms with Crippen LogP contribution < -0.4 is 5.73 Å². The summed E-state index contributed by atoms with van der Waals surface area (Å²) in [6.07, 6.45) is 8.38. The van der Waals surface area contributed by atoms with Crippen LogP contribution in [0.1, 0.15) is 58.1 Å². The molecule has 94 valence electrons. The van der Waals surface area contributed by atoms with Crippen molar-refractivity contribution in [3.05, 3.63) is 18.1 Å². The number of anilines is 1. The van der Waals surface area contributed by atoms with E-state index < -0.39 is 0 Å². The fourth-order valence-electron chi connectivity index (χ4n) is 2.91. The van der Waals surface area contributed by atoms with Crippen LogP contribution in [0.25, 0.3) is 0 Å². The molecule has 0 atom stereocenters. The van der Waals surface area contributed by atoms with Gasteiger partial charge in [0.2, 0.25) is 0 Å². The Morgan fingerprint density at radius 1 is 1.06 bits per heavy atom. The van der Waals surface area contributed by atoms with Gasteiger partial charge in [-0.25, -0.2) is 4.98 Å². The molecule has 0 radical (unpaired) electrons. The molecule has 0 aromatic carbocycles. The Kier molecular flexibility index (Phi) is 3.36. The quantitative estimate of drug-likeness (QED) is 0.809. The summed E-state index contributed by atoms with van der Waals surface area (Å²) in [5.41, 5.74) is 7.34. The van der Waals surface area contributed by atoms with Crippen LogP contribution in [0.15, 0.2) is 12.4 Å². The Morgan fingerprint density at radius 2 is 1.65 bits per heavy atom. The average molecular weight is 233 g/mol. The van der Waals surface area contributed by atoms with Crippen molar-refractivity contribution in [3.8, 4) is 0 Å². The molecular formula is C14H23N3. The Morgan fingerprint density at radius 3 is 2.18 bits per heavy atom. The molecule has 0 bridgehead atoms. The van der Waals surface area contributed by atoms with Crippen LogP contribution in [0.2, 0.25) is 0 Å². The molecule has 0 saturated heterocycles. The lowest BCUT2D eigenvalue weighted by atomic mass is 9.69. The molecule has 1 saturated carbocycles. The summed E-state index contributed by atoms with van der Waals surface area (Å²) in [6.45, 7) is 7.03. The van der Waals surface area contributed by atoms with Crippen molar-refractivity contribution in [2.75, 3.05) is 5.73 Å². The van der Waals surface area contributed by atoms with Gasteiger partial charge in [0.15, 0.2) is 0 Å². The monoisotopic (exact) mass is 233 g/mol. The maximum absolute atomic E-state index is 5.90. The lowest BCUT2D eigenvalue weighted by Gasteiger charge is -2.36. The van der Waals surface area contributed by atoms with E-state index in [1.54, 1.807) is 12.4 Å². The zero-order valence-electron chi connectivity index (χ0n) is 11.1. The number of nitrogen functional groups attached to an aromatic ring is 1. The van der Waals surface area contributed by atoms with Crippen LogP contribution in [-0.4, -0.2) is 9.97 Å². The second-order valence-electron chi connectivity index (χ2n) is 6.24. The minimum absolute atomic E-state index is 0.429. The molecule has 2 rings (SSSR count). The highest BCUT2D eigenvalue weighted by atomic mass is 14.9. The summed E-state index contributed by atoms with van der Waals surface area (Å²) in [4.78, 5) is 8.54.